The van der Waals surface area contributed by atoms with Gasteiger partial charge in [0, 0.05) is 32.7 Å². The molecule has 1 saturated carbocycles. The number of morpholine rings is 1. The van der Waals surface area contributed by atoms with Gasteiger partial charge < -0.3 is 24.2 Å². The molecule has 1 aliphatic heterocycles. The summed E-state index contributed by atoms with van der Waals surface area (Å²) in [5, 5.41) is 10.3. The fourth-order valence-corrected chi connectivity index (χ4v) is 4.26. The second-order valence-electron chi connectivity index (χ2n) is 8.21. The first-order valence-corrected chi connectivity index (χ1v) is 10.6. The minimum absolute atomic E-state index is 0.259. The summed E-state index contributed by atoms with van der Waals surface area (Å²) in [5.74, 6) is 2.26. The molecule has 1 atom stereocenters. The van der Waals surface area contributed by atoms with Crippen LogP contribution in [0, 0.1) is 5.92 Å². The van der Waals surface area contributed by atoms with E-state index < -0.39 is 6.10 Å². The average Bonchev–Trinajstić information content (AvgIpc) is 3.20. The van der Waals surface area contributed by atoms with Gasteiger partial charge in [-0.1, -0.05) is 18.9 Å². The second-order valence-corrected chi connectivity index (χ2v) is 8.21. The zero-order chi connectivity index (χ0) is 19.8. The zero-order valence-electron chi connectivity index (χ0n) is 17.4. The molecule has 1 aromatic rings. The molecule has 1 heterocycles. The van der Waals surface area contributed by atoms with Gasteiger partial charge in [0.15, 0.2) is 11.5 Å². The van der Waals surface area contributed by atoms with Crippen molar-refractivity contribution in [3.8, 4) is 11.5 Å². The summed E-state index contributed by atoms with van der Waals surface area (Å²) in [5.41, 5.74) is 1.22. The molecule has 0 bridgehead atoms. The number of nitrogens with zero attached hydrogens (tertiary/aromatic N) is 2. The molecule has 6 nitrogen and oxygen atoms in total. The van der Waals surface area contributed by atoms with Gasteiger partial charge in [-0.25, -0.2) is 0 Å². The first kappa shape index (κ1) is 21.4. The molecule has 0 amide bonds. The predicted molar refractivity (Wildman–Crippen MR) is 110 cm³/mol. The lowest BCUT2D eigenvalue weighted by molar-refractivity contribution is 0.00445. The molecule has 0 spiro atoms. The van der Waals surface area contributed by atoms with Crippen LogP contribution in [0.3, 0.4) is 0 Å². The molecule has 1 aliphatic carbocycles. The van der Waals surface area contributed by atoms with Crippen molar-refractivity contribution in [2.24, 2.45) is 5.92 Å². The number of hydrogen-bond acceptors (Lipinski definition) is 6. The van der Waals surface area contributed by atoms with Crippen LogP contribution < -0.4 is 9.47 Å². The zero-order valence-corrected chi connectivity index (χ0v) is 17.4. The lowest BCUT2D eigenvalue weighted by Crippen LogP contribution is -2.42. The number of methoxy groups -OCH3 is 1. The molecule has 2 fully saturated rings. The van der Waals surface area contributed by atoms with Crippen LogP contribution in [-0.4, -0.2) is 81.2 Å². The molecule has 1 N–H and O–H groups in total. The maximum atomic E-state index is 10.3. The molecule has 28 heavy (non-hydrogen) atoms. The van der Waals surface area contributed by atoms with E-state index in [9.17, 15) is 5.11 Å². The van der Waals surface area contributed by atoms with E-state index >= 15 is 0 Å². The van der Waals surface area contributed by atoms with Crippen molar-refractivity contribution in [2.75, 3.05) is 60.2 Å². The number of hydrogen-bond donors (Lipinski definition) is 1. The van der Waals surface area contributed by atoms with Crippen LogP contribution in [0.15, 0.2) is 18.2 Å². The Kier molecular flexibility index (Phi) is 8.40. The van der Waals surface area contributed by atoms with Crippen molar-refractivity contribution in [3.05, 3.63) is 23.8 Å². The van der Waals surface area contributed by atoms with Crippen LogP contribution in [-0.2, 0) is 11.3 Å². The Bertz CT molecular complexity index is 586. The third-order valence-electron chi connectivity index (χ3n) is 5.73. The molecule has 6 heteroatoms. The lowest BCUT2D eigenvalue weighted by atomic mass is 10.1. The van der Waals surface area contributed by atoms with Crippen LogP contribution in [0.2, 0.25) is 0 Å². The van der Waals surface area contributed by atoms with Gasteiger partial charge in [0.25, 0.3) is 0 Å². The highest BCUT2D eigenvalue weighted by Gasteiger charge is 2.18. The number of aliphatic hydroxyl groups excluding tert-OH is 1. The van der Waals surface area contributed by atoms with Crippen LogP contribution in [0.1, 0.15) is 31.2 Å². The van der Waals surface area contributed by atoms with Crippen molar-refractivity contribution < 1.29 is 19.3 Å². The highest BCUT2D eigenvalue weighted by atomic mass is 16.5. The number of β-amino-alcohol motifs (C(OH)–C–C–N with tert-alkyl or cyclic N) is 1. The van der Waals surface area contributed by atoms with Crippen LogP contribution >= 0.6 is 0 Å². The first-order chi connectivity index (χ1) is 13.6. The molecule has 158 valence electrons. The maximum Gasteiger partial charge on any atom is 0.161 e. The van der Waals surface area contributed by atoms with Gasteiger partial charge >= 0.3 is 0 Å². The minimum Gasteiger partial charge on any atom is -0.493 e. The van der Waals surface area contributed by atoms with Crippen molar-refractivity contribution in [1.29, 1.82) is 0 Å². The topological polar surface area (TPSA) is 54.4 Å². The monoisotopic (exact) mass is 392 g/mol. The summed E-state index contributed by atoms with van der Waals surface area (Å²) < 4.78 is 16.7. The first-order valence-electron chi connectivity index (χ1n) is 10.6. The number of aliphatic hydroxyl groups is 1. The van der Waals surface area contributed by atoms with E-state index in [1.54, 1.807) is 7.11 Å². The van der Waals surface area contributed by atoms with Crippen LogP contribution in [0.4, 0.5) is 0 Å². The molecule has 0 aromatic heterocycles. The van der Waals surface area contributed by atoms with Gasteiger partial charge in [-0.15, -0.1) is 0 Å². The van der Waals surface area contributed by atoms with E-state index in [0.29, 0.717) is 12.3 Å². The van der Waals surface area contributed by atoms with Gasteiger partial charge in [0.1, 0.15) is 12.7 Å². The highest BCUT2D eigenvalue weighted by Crippen LogP contribution is 2.29. The van der Waals surface area contributed by atoms with Crippen LogP contribution in [0.5, 0.6) is 11.5 Å². The van der Waals surface area contributed by atoms with Crippen molar-refractivity contribution in [2.45, 2.75) is 38.3 Å². The van der Waals surface area contributed by atoms with Crippen molar-refractivity contribution in [1.82, 2.24) is 9.80 Å². The molecule has 0 unspecified atom stereocenters. The molecular formula is C22H36N2O4. The largest absolute Gasteiger partial charge is 0.493 e. The predicted octanol–water partition coefficient (Wildman–Crippen LogP) is 2.39. The molecule has 1 saturated heterocycles. The van der Waals surface area contributed by atoms with Crippen molar-refractivity contribution in [3.63, 3.8) is 0 Å². The Morgan fingerprint density at radius 3 is 2.68 bits per heavy atom. The number of rotatable bonds is 10. The third-order valence-corrected chi connectivity index (χ3v) is 5.73. The maximum absolute atomic E-state index is 10.3. The molecule has 3 rings (SSSR count). The summed E-state index contributed by atoms with van der Waals surface area (Å²) in [6.45, 7) is 6.13. The summed E-state index contributed by atoms with van der Waals surface area (Å²) in [4.78, 5) is 4.61. The van der Waals surface area contributed by atoms with Gasteiger partial charge in [-0.05, 0) is 43.5 Å². The smallest absolute Gasteiger partial charge is 0.161 e. The number of ether oxygens (including phenoxy) is 3. The summed E-state index contributed by atoms with van der Waals surface area (Å²) >= 11 is 0. The van der Waals surface area contributed by atoms with E-state index in [-0.39, 0.29) is 6.61 Å². The van der Waals surface area contributed by atoms with E-state index in [4.69, 9.17) is 14.2 Å². The Morgan fingerprint density at radius 2 is 1.96 bits per heavy atom. The summed E-state index contributed by atoms with van der Waals surface area (Å²) in [7, 11) is 3.86. The molecule has 0 radical (unpaired) electrons. The van der Waals surface area contributed by atoms with Gasteiger partial charge in [0.05, 0.1) is 20.3 Å². The normalized spacial score (nSPS) is 19.9. The van der Waals surface area contributed by atoms with E-state index in [2.05, 4.69) is 29.0 Å². The molecule has 2 aliphatic rings. The van der Waals surface area contributed by atoms with E-state index in [1.807, 2.05) is 6.07 Å². The molecule has 1 aromatic carbocycles. The van der Waals surface area contributed by atoms with E-state index in [0.717, 1.165) is 51.1 Å². The summed E-state index contributed by atoms with van der Waals surface area (Å²) in [6.07, 6.45) is 4.98. The van der Waals surface area contributed by atoms with Crippen molar-refractivity contribution >= 4 is 0 Å². The average molecular weight is 393 g/mol. The Hall–Kier alpha value is -1.34. The lowest BCUT2D eigenvalue weighted by Gasteiger charge is -2.28. The second kappa shape index (κ2) is 11.0. The van der Waals surface area contributed by atoms with Gasteiger partial charge in [0.2, 0.25) is 0 Å². The van der Waals surface area contributed by atoms with Gasteiger partial charge in [-0.2, -0.15) is 0 Å². The van der Waals surface area contributed by atoms with Gasteiger partial charge in [-0.3, -0.25) is 4.90 Å². The molecular weight excluding hydrogens is 356 g/mol. The number of benzene rings is 1. The quantitative estimate of drug-likeness (QED) is 0.660. The fraction of sp³-hybridized carbons (Fsp3) is 0.727. The minimum atomic E-state index is -0.528. The highest BCUT2D eigenvalue weighted by molar-refractivity contribution is 5.43. The fourth-order valence-electron chi connectivity index (χ4n) is 4.26. The Balaban J connectivity index is 1.47. The Morgan fingerprint density at radius 1 is 1.21 bits per heavy atom. The summed E-state index contributed by atoms with van der Waals surface area (Å²) in [6, 6.07) is 6.10. The standard InChI is InChI=1S/C22H36N2O4/c1-23(14-18-5-3-4-6-18)15-19-7-8-21(22(13-19)26-2)28-17-20(25)16-24-9-11-27-12-10-24/h7-8,13,18,20,25H,3-6,9-12,14-17H2,1-2H3/t20-/m0/s1. The SMILES string of the molecule is COc1cc(CN(C)CC2CCCC2)ccc1OC[C@@H](O)CN1CCOCC1. The Labute approximate surface area is 169 Å². The van der Waals surface area contributed by atoms with Crippen LogP contribution in [0.25, 0.3) is 0 Å². The van der Waals surface area contributed by atoms with E-state index in [1.165, 1.54) is 31.2 Å². The third kappa shape index (κ3) is 6.62.